The summed E-state index contributed by atoms with van der Waals surface area (Å²) >= 11 is 0. The Balaban J connectivity index is 2.70. The van der Waals surface area contributed by atoms with Crippen LogP contribution in [0.3, 0.4) is 0 Å². The molecule has 1 atom stereocenters. The predicted octanol–water partition coefficient (Wildman–Crippen LogP) is 0.377. The molecule has 1 rings (SSSR count). The molecule has 5 nitrogen and oxygen atoms in total. The van der Waals surface area contributed by atoms with E-state index in [9.17, 15) is 9.90 Å². The Labute approximate surface area is 87.4 Å². The second kappa shape index (κ2) is 4.95. The molecule has 5 heteroatoms. The molecule has 1 aromatic heterocycles. The van der Waals surface area contributed by atoms with Gasteiger partial charge >= 0.3 is 0 Å². The zero-order valence-electron chi connectivity index (χ0n) is 8.73. The van der Waals surface area contributed by atoms with E-state index in [1.165, 1.54) is 0 Å². The molecular weight excluding hydrogens is 198 g/mol. The standard InChI is InChI=1S/C10H15NO4/c1-6(2)11-4-8(13)10-3-7(12)9(14)5-15-10/h3,5-6,8,11,13-14H,4H2,1-2H3. The van der Waals surface area contributed by atoms with Crippen molar-refractivity contribution in [3.63, 3.8) is 0 Å². The molecule has 84 valence electrons. The highest BCUT2D eigenvalue weighted by atomic mass is 16.4. The van der Waals surface area contributed by atoms with Crippen LogP contribution in [0.2, 0.25) is 0 Å². The lowest BCUT2D eigenvalue weighted by molar-refractivity contribution is 0.141. The molecule has 0 aromatic carbocycles. The average molecular weight is 213 g/mol. The highest BCUT2D eigenvalue weighted by Gasteiger charge is 2.12. The van der Waals surface area contributed by atoms with Gasteiger partial charge in [-0.25, -0.2) is 0 Å². The zero-order chi connectivity index (χ0) is 11.4. The molecule has 0 saturated heterocycles. The van der Waals surface area contributed by atoms with Gasteiger partial charge < -0.3 is 19.9 Å². The molecule has 0 aliphatic heterocycles. The third-order valence-corrected chi connectivity index (χ3v) is 1.88. The number of rotatable bonds is 4. The van der Waals surface area contributed by atoms with E-state index in [0.717, 1.165) is 12.3 Å². The SMILES string of the molecule is CC(C)NCC(O)c1cc(=O)c(O)co1. The molecule has 1 aromatic rings. The molecule has 0 spiro atoms. The predicted molar refractivity (Wildman–Crippen MR) is 54.7 cm³/mol. The lowest BCUT2D eigenvalue weighted by Gasteiger charge is -2.12. The molecule has 0 aliphatic rings. The molecule has 15 heavy (non-hydrogen) atoms. The van der Waals surface area contributed by atoms with Crippen LogP contribution in [-0.4, -0.2) is 22.8 Å². The van der Waals surface area contributed by atoms with Gasteiger partial charge in [0.15, 0.2) is 5.75 Å². The Morgan fingerprint density at radius 2 is 2.20 bits per heavy atom. The summed E-state index contributed by atoms with van der Waals surface area (Å²) in [5.74, 6) is -0.311. The summed E-state index contributed by atoms with van der Waals surface area (Å²) in [7, 11) is 0. The molecule has 0 radical (unpaired) electrons. The fourth-order valence-electron chi connectivity index (χ4n) is 1.04. The zero-order valence-corrected chi connectivity index (χ0v) is 8.73. The van der Waals surface area contributed by atoms with Crippen molar-refractivity contribution in [2.75, 3.05) is 6.54 Å². The van der Waals surface area contributed by atoms with E-state index >= 15 is 0 Å². The van der Waals surface area contributed by atoms with Crippen LogP contribution in [0.1, 0.15) is 25.7 Å². The summed E-state index contributed by atoms with van der Waals surface area (Å²) in [6.45, 7) is 4.19. The number of aliphatic hydroxyl groups is 1. The van der Waals surface area contributed by atoms with Gasteiger partial charge in [-0.15, -0.1) is 0 Å². The van der Waals surface area contributed by atoms with Gasteiger partial charge in [-0.05, 0) is 0 Å². The van der Waals surface area contributed by atoms with Crippen molar-refractivity contribution in [3.8, 4) is 5.75 Å². The Bertz CT molecular complexity index is 372. The normalized spacial score (nSPS) is 13.1. The summed E-state index contributed by atoms with van der Waals surface area (Å²) in [6.07, 6.45) is 0.0386. The molecule has 0 bridgehead atoms. The quantitative estimate of drug-likeness (QED) is 0.673. The van der Waals surface area contributed by atoms with Gasteiger partial charge in [0.1, 0.15) is 18.1 Å². The van der Waals surface area contributed by atoms with Gasteiger partial charge in [0.25, 0.3) is 0 Å². The lowest BCUT2D eigenvalue weighted by atomic mass is 10.2. The third-order valence-electron chi connectivity index (χ3n) is 1.88. The van der Waals surface area contributed by atoms with Crippen LogP contribution in [0.15, 0.2) is 21.5 Å². The molecular formula is C10H15NO4. The summed E-state index contributed by atoms with van der Waals surface area (Å²) in [6, 6.07) is 1.32. The van der Waals surface area contributed by atoms with Crippen LogP contribution in [0.25, 0.3) is 0 Å². The van der Waals surface area contributed by atoms with E-state index in [2.05, 4.69) is 5.32 Å². The van der Waals surface area contributed by atoms with Gasteiger partial charge in [0.05, 0.1) is 0 Å². The van der Waals surface area contributed by atoms with Crippen molar-refractivity contribution < 1.29 is 14.6 Å². The minimum Gasteiger partial charge on any atom is -0.502 e. The fraction of sp³-hybridized carbons (Fsp3) is 0.500. The maximum absolute atomic E-state index is 11.0. The number of nitrogens with one attached hydrogen (secondary N) is 1. The van der Waals surface area contributed by atoms with E-state index in [4.69, 9.17) is 9.52 Å². The number of hydrogen-bond acceptors (Lipinski definition) is 5. The van der Waals surface area contributed by atoms with Gasteiger partial charge in [-0.1, -0.05) is 13.8 Å². The van der Waals surface area contributed by atoms with Gasteiger partial charge in [0.2, 0.25) is 5.43 Å². The smallest absolute Gasteiger partial charge is 0.226 e. The monoisotopic (exact) mass is 213 g/mol. The number of aliphatic hydroxyl groups excluding tert-OH is 1. The Morgan fingerprint density at radius 1 is 1.53 bits per heavy atom. The van der Waals surface area contributed by atoms with Crippen molar-refractivity contribution in [1.29, 1.82) is 0 Å². The summed E-state index contributed by atoms with van der Waals surface area (Å²) in [5, 5.41) is 21.6. The molecule has 1 heterocycles. The first-order chi connectivity index (χ1) is 7.00. The number of hydrogen-bond donors (Lipinski definition) is 3. The Kier molecular flexibility index (Phi) is 3.88. The highest BCUT2D eigenvalue weighted by Crippen LogP contribution is 2.12. The maximum atomic E-state index is 11.0. The van der Waals surface area contributed by atoms with Crippen molar-refractivity contribution in [1.82, 2.24) is 5.32 Å². The minimum absolute atomic E-state index is 0.144. The lowest BCUT2D eigenvalue weighted by Crippen LogP contribution is -2.28. The first kappa shape index (κ1) is 11.7. The topological polar surface area (TPSA) is 82.7 Å². The fourth-order valence-corrected chi connectivity index (χ4v) is 1.04. The molecule has 0 fully saturated rings. The summed E-state index contributed by atoms with van der Waals surface area (Å²) < 4.78 is 4.89. The average Bonchev–Trinajstić information content (AvgIpc) is 2.18. The van der Waals surface area contributed by atoms with Crippen LogP contribution in [-0.2, 0) is 0 Å². The Hall–Kier alpha value is -1.33. The van der Waals surface area contributed by atoms with Crippen LogP contribution < -0.4 is 10.7 Å². The van der Waals surface area contributed by atoms with Crippen molar-refractivity contribution in [2.45, 2.75) is 26.0 Å². The second-order valence-corrected chi connectivity index (χ2v) is 3.61. The first-order valence-corrected chi connectivity index (χ1v) is 4.74. The van der Waals surface area contributed by atoms with Crippen LogP contribution in [0, 0.1) is 0 Å². The van der Waals surface area contributed by atoms with Crippen molar-refractivity contribution in [3.05, 3.63) is 28.3 Å². The molecule has 1 unspecified atom stereocenters. The van der Waals surface area contributed by atoms with Crippen molar-refractivity contribution in [2.24, 2.45) is 0 Å². The molecule has 0 aliphatic carbocycles. The molecule has 0 saturated carbocycles. The first-order valence-electron chi connectivity index (χ1n) is 4.74. The summed E-state index contributed by atoms with van der Waals surface area (Å²) in [4.78, 5) is 11.0. The van der Waals surface area contributed by atoms with E-state index in [-0.39, 0.29) is 11.8 Å². The summed E-state index contributed by atoms with van der Waals surface area (Å²) in [5.41, 5.74) is -0.556. The van der Waals surface area contributed by atoms with E-state index in [1.807, 2.05) is 13.8 Å². The van der Waals surface area contributed by atoms with Gasteiger partial charge in [-0.3, -0.25) is 4.79 Å². The largest absolute Gasteiger partial charge is 0.502 e. The van der Waals surface area contributed by atoms with Gasteiger partial charge in [0, 0.05) is 18.7 Å². The molecule has 3 N–H and O–H groups in total. The van der Waals surface area contributed by atoms with Gasteiger partial charge in [-0.2, -0.15) is 0 Å². The highest BCUT2D eigenvalue weighted by molar-refractivity contribution is 5.16. The van der Waals surface area contributed by atoms with Crippen LogP contribution in [0.4, 0.5) is 0 Å². The Morgan fingerprint density at radius 3 is 2.73 bits per heavy atom. The van der Waals surface area contributed by atoms with Crippen molar-refractivity contribution >= 4 is 0 Å². The second-order valence-electron chi connectivity index (χ2n) is 3.61. The third kappa shape index (κ3) is 3.38. The molecule has 0 amide bonds. The minimum atomic E-state index is -0.888. The van der Waals surface area contributed by atoms with E-state index in [0.29, 0.717) is 6.54 Å². The van der Waals surface area contributed by atoms with E-state index < -0.39 is 17.3 Å². The maximum Gasteiger partial charge on any atom is 0.226 e. The van der Waals surface area contributed by atoms with Crippen LogP contribution >= 0.6 is 0 Å². The van der Waals surface area contributed by atoms with Crippen LogP contribution in [0.5, 0.6) is 5.75 Å². The number of aromatic hydroxyl groups is 1. The van der Waals surface area contributed by atoms with E-state index in [1.54, 1.807) is 0 Å².